The van der Waals surface area contributed by atoms with E-state index in [1.165, 1.54) is 6.92 Å². The molecule has 0 saturated heterocycles. The first-order chi connectivity index (χ1) is 6.65. The van der Waals surface area contributed by atoms with E-state index in [9.17, 15) is 26.4 Å². The number of carbonyl (C=O) groups excluding carboxylic acids is 1. The lowest BCUT2D eigenvalue weighted by molar-refractivity contribution is -0.117. The van der Waals surface area contributed by atoms with Crippen LogP contribution in [0.1, 0.15) is 19.8 Å². The fraction of sp³-hybridized carbons (Fsp3) is 0.571. The van der Waals surface area contributed by atoms with Gasteiger partial charge in [-0.1, -0.05) is 0 Å². The van der Waals surface area contributed by atoms with Gasteiger partial charge in [-0.15, -0.1) is 0 Å². The molecule has 1 aliphatic rings. The maximum Gasteiger partial charge on any atom is 0.534 e. The number of carbonyl (C=O) groups is 1. The van der Waals surface area contributed by atoms with Crippen molar-refractivity contribution in [3.05, 3.63) is 11.3 Å². The van der Waals surface area contributed by atoms with Gasteiger partial charge in [-0.3, -0.25) is 4.79 Å². The van der Waals surface area contributed by atoms with Gasteiger partial charge in [0.25, 0.3) is 0 Å². The molecule has 0 bridgehead atoms. The molecule has 0 fully saturated rings. The second-order valence-electron chi connectivity index (χ2n) is 3.02. The lowest BCUT2D eigenvalue weighted by Gasteiger charge is -2.09. The lowest BCUT2D eigenvalue weighted by Crippen LogP contribution is -2.26. The molecular formula is C7H7F3O4S. The van der Waals surface area contributed by atoms with E-state index in [4.69, 9.17) is 0 Å². The molecule has 0 amide bonds. The average Bonchev–Trinajstić information content (AvgIpc) is 2.33. The number of halogens is 3. The van der Waals surface area contributed by atoms with Gasteiger partial charge >= 0.3 is 15.6 Å². The molecule has 0 aromatic rings. The van der Waals surface area contributed by atoms with Crippen LogP contribution in [0.25, 0.3) is 0 Å². The van der Waals surface area contributed by atoms with Gasteiger partial charge in [0.05, 0.1) is 0 Å². The summed E-state index contributed by atoms with van der Waals surface area (Å²) in [5, 5.41) is 0. The van der Waals surface area contributed by atoms with Gasteiger partial charge in [0.15, 0.2) is 11.5 Å². The summed E-state index contributed by atoms with van der Waals surface area (Å²) in [6.07, 6.45) is 0.204. The Morgan fingerprint density at radius 2 is 1.80 bits per heavy atom. The van der Waals surface area contributed by atoms with E-state index in [0.29, 0.717) is 0 Å². The Labute approximate surface area is 83.8 Å². The predicted octanol–water partition coefficient (Wildman–Crippen LogP) is 1.49. The summed E-state index contributed by atoms with van der Waals surface area (Å²) in [5.41, 5.74) is -5.30. The molecule has 0 unspecified atom stereocenters. The van der Waals surface area contributed by atoms with Gasteiger partial charge in [-0.05, 0) is 18.9 Å². The Kier molecular flexibility index (Phi) is 2.81. The number of hydrogen-bond acceptors (Lipinski definition) is 4. The first-order valence-corrected chi connectivity index (χ1v) is 5.29. The molecule has 1 rings (SSSR count). The Balaban J connectivity index is 2.98. The molecule has 8 heteroatoms. The predicted molar refractivity (Wildman–Crippen MR) is 43.0 cm³/mol. The van der Waals surface area contributed by atoms with Crippen LogP contribution in [0.15, 0.2) is 11.3 Å². The van der Waals surface area contributed by atoms with Crippen molar-refractivity contribution in [3.63, 3.8) is 0 Å². The minimum atomic E-state index is -5.73. The van der Waals surface area contributed by atoms with E-state index in [2.05, 4.69) is 4.18 Å². The van der Waals surface area contributed by atoms with Crippen LogP contribution in [0.2, 0.25) is 0 Å². The number of rotatable bonds is 2. The van der Waals surface area contributed by atoms with Gasteiger partial charge < -0.3 is 4.18 Å². The maximum absolute atomic E-state index is 11.9. The number of allylic oxidation sites excluding steroid dienone is 2. The molecule has 1 aliphatic carbocycles. The topological polar surface area (TPSA) is 60.4 Å². The van der Waals surface area contributed by atoms with Gasteiger partial charge in [0.1, 0.15) is 0 Å². The summed E-state index contributed by atoms with van der Waals surface area (Å²) in [7, 11) is -5.73. The van der Waals surface area contributed by atoms with Crippen LogP contribution in [0.4, 0.5) is 13.2 Å². The minimum Gasteiger partial charge on any atom is -0.372 e. The van der Waals surface area contributed by atoms with Crippen LogP contribution in [0.3, 0.4) is 0 Å². The summed E-state index contributed by atoms with van der Waals surface area (Å²) in [6, 6.07) is 0. The Morgan fingerprint density at radius 1 is 1.27 bits per heavy atom. The van der Waals surface area contributed by atoms with Gasteiger partial charge in [0.2, 0.25) is 0 Å². The highest BCUT2D eigenvalue weighted by Gasteiger charge is 2.49. The quantitative estimate of drug-likeness (QED) is 0.545. The SMILES string of the molecule is CC1=C(OS(=O)(=O)C(F)(F)F)C(=O)CC1. The molecule has 0 N–H and O–H groups in total. The van der Waals surface area contributed by atoms with Crippen molar-refractivity contribution < 1.29 is 30.6 Å². The number of alkyl halides is 3. The monoisotopic (exact) mass is 244 g/mol. The van der Waals surface area contributed by atoms with Crippen LogP contribution in [-0.2, 0) is 19.1 Å². The van der Waals surface area contributed by atoms with Crippen molar-refractivity contribution in [1.82, 2.24) is 0 Å². The third-order valence-corrected chi connectivity index (χ3v) is 2.80. The molecule has 0 spiro atoms. The highest BCUT2D eigenvalue weighted by atomic mass is 32.2. The fourth-order valence-corrected chi connectivity index (χ4v) is 1.59. The summed E-state index contributed by atoms with van der Waals surface area (Å²) in [5.74, 6) is -1.42. The van der Waals surface area contributed by atoms with E-state index in [1.54, 1.807) is 0 Å². The molecule has 15 heavy (non-hydrogen) atoms. The van der Waals surface area contributed by atoms with Crippen molar-refractivity contribution in [1.29, 1.82) is 0 Å². The van der Waals surface area contributed by atoms with Crippen molar-refractivity contribution >= 4 is 15.9 Å². The molecule has 0 radical (unpaired) electrons. The molecule has 0 saturated carbocycles. The standard InChI is InChI=1S/C7H7F3O4S/c1-4-2-3-5(11)6(4)14-15(12,13)7(8,9)10/h2-3H2,1H3. The summed E-state index contributed by atoms with van der Waals surface area (Å²) < 4.78 is 60.6. The summed E-state index contributed by atoms with van der Waals surface area (Å²) in [6.45, 7) is 1.35. The Hall–Kier alpha value is -1.05. The second kappa shape index (κ2) is 3.51. The van der Waals surface area contributed by atoms with Crippen molar-refractivity contribution in [2.75, 3.05) is 0 Å². The molecule has 0 aromatic heterocycles. The van der Waals surface area contributed by atoms with Crippen LogP contribution in [0.5, 0.6) is 0 Å². The van der Waals surface area contributed by atoms with Crippen LogP contribution in [-0.4, -0.2) is 19.7 Å². The summed E-state index contributed by atoms with van der Waals surface area (Å²) in [4.78, 5) is 11.0. The lowest BCUT2D eigenvalue weighted by atomic mass is 10.3. The third-order valence-electron chi connectivity index (χ3n) is 1.84. The van der Waals surface area contributed by atoms with E-state index >= 15 is 0 Å². The average molecular weight is 244 g/mol. The molecule has 0 heterocycles. The Morgan fingerprint density at radius 3 is 2.13 bits per heavy atom. The third kappa shape index (κ3) is 2.31. The minimum absolute atomic E-state index is 0.0193. The highest BCUT2D eigenvalue weighted by molar-refractivity contribution is 7.87. The van der Waals surface area contributed by atoms with E-state index in [0.717, 1.165) is 0 Å². The largest absolute Gasteiger partial charge is 0.534 e. The maximum atomic E-state index is 11.9. The van der Waals surface area contributed by atoms with E-state index < -0.39 is 27.2 Å². The number of hydrogen-bond donors (Lipinski definition) is 0. The zero-order valence-electron chi connectivity index (χ0n) is 7.59. The summed E-state index contributed by atoms with van der Waals surface area (Å²) >= 11 is 0. The van der Waals surface area contributed by atoms with Crippen molar-refractivity contribution in [3.8, 4) is 0 Å². The zero-order chi connectivity index (χ0) is 11.9. The number of ketones is 1. The van der Waals surface area contributed by atoms with Crippen LogP contribution < -0.4 is 0 Å². The molecule has 86 valence electrons. The smallest absolute Gasteiger partial charge is 0.372 e. The first kappa shape index (κ1) is 12.0. The first-order valence-electron chi connectivity index (χ1n) is 3.89. The molecular weight excluding hydrogens is 237 g/mol. The highest BCUT2D eigenvalue weighted by Crippen LogP contribution is 2.31. The van der Waals surface area contributed by atoms with Gasteiger partial charge in [0, 0.05) is 6.42 Å². The fourth-order valence-electron chi connectivity index (χ4n) is 1.04. The van der Waals surface area contributed by atoms with Gasteiger partial charge in [-0.2, -0.15) is 21.6 Å². The van der Waals surface area contributed by atoms with E-state index in [-0.39, 0.29) is 18.4 Å². The molecule has 0 aromatic carbocycles. The normalized spacial score (nSPS) is 18.5. The van der Waals surface area contributed by atoms with Crippen LogP contribution in [0, 0.1) is 0 Å². The second-order valence-corrected chi connectivity index (χ2v) is 4.55. The van der Waals surface area contributed by atoms with Gasteiger partial charge in [-0.25, -0.2) is 0 Å². The molecule has 0 aliphatic heterocycles. The van der Waals surface area contributed by atoms with E-state index in [1.807, 2.05) is 0 Å². The van der Waals surface area contributed by atoms with Crippen LogP contribution >= 0.6 is 0 Å². The number of Topliss-reactive ketones (excluding diaryl/α,β-unsaturated/α-hetero) is 1. The molecule has 0 atom stereocenters. The van der Waals surface area contributed by atoms with Crippen molar-refractivity contribution in [2.24, 2.45) is 0 Å². The molecule has 4 nitrogen and oxygen atoms in total. The van der Waals surface area contributed by atoms with Crippen molar-refractivity contribution in [2.45, 2.75) is 25.3 Å². The Bertz CT molecular complexity index is 418. The zero-order valence-corrected chi connectivity index (χ0v) is 8.41.